The molecule has 144 valence electrons. The molecule has 5 nitrogen and oxygen atoms in total. The Morgan fingerprint density at radius 2 is 1.86 bits per heavy atom. The number of fused-ring (bicyclic) bond motifs is 1. The molecule has 1 N–H and O–H groups in total. The Labute approximate surface area is 172 Å². The average molecular weight is 417 g/mol. The molecule has 0 atom stereocenters. The molecule has 3 rings (SSSR count). The number of hydrogen-bond acceptors (Lipinski definition) is 4. The third-order valence-corrected chi connectivity index (χ3v) is 5.15. The maximum Gasteiger partial charge on any atom is 0.339 e. The fraction of sp³-hybridized carbons (Fsp3) is 0.190. The molecular weight excluding hydrogens is 399 g/mol. The molecule has 3 aromatic rings. The third kappa shape index (κ3) is 4.11. The second-order valence-electron chi connectivity index (χ2n) is 6.15. The van der Waals surface area contributed by atoms with Crippen molar-refractivity contribution in [2.75, 3.05) is 11.9 Å². The van der Waals surface area contributed by atoms with E-state index in [1.54, 1.807) is 18.2 Å². The van der Waals surface area contributed by atoms with E-state index in [0.29, 0.717) is 33.6 Å². The largest absolute Gasteiger partial charge is 0.452 e. The van der Waals surface area contributed by atoms with Crippen LogP contribution >= 0.6 is 23.2 Å². The highest BCUT2D eigenvalue weighted by molar-refractivity contribution is 6.44. The van der Waals surface area contributed by atoms with E-state index in [1.165, 1.54) is 0 Å². The molecule has 1 amide bonds. The van der Waals surface area contributed by atoms with E-state index < -0.39 is 18.5 Å². The molecule has 1 heterocycles. The highest BCUT2D eigenvalue weighted by Gasteiger charge is 2.19. The number of anilines is 1. The molecule has 28 heavy (non-hydrogen) atoms. The predicted molar refractivity (Wildman–Crippen MR) is 111 cm³/mol. The minimum Gasteiger partial charge on any atom is -0.452 e. The zero-order valence-corrected chi connectivity index (χ0v) is 16.9. The summed E-state index contributed by atoms with van der Waals surface area (Å²) < 4.78 is 5.27. The number of para-hydroxylation sites is 1. The van der Waals surface area contributed by atoms with Gasteiger partial charge in [0.2, 0.25) is 0 Å². The van der Waals surface area contributed by atoms with Crippen LogP contribution in [0.1, 0.15) is 28.5 Å². The van der Waals surface area contributed by atoms with Crippen LogP contribution in [0.5, 0.6) is 0 Å². The lowest BCUT2D eigenvalue weighted by molar-refractivity contribution is -0.119. The number of amides is 1. The zero-order valence-electron chi connectivity index (χ0n) is 15.4. The zero-order chi connectivity index (χ0) is 20.3. The van der Waals surface area contributed by atoms with Gasteiger partial charge in [0.25, 0.3) is 5.91 Å². The van der Waals surface area contributed by atoms with Crippen molar-refractivity contribution in [3.8, 4) is 0 Å². The summed E-state index contributed by atoms with van der Waals surface area (Å²) in [6.45, 7) is 3.36. The molecule has 2 aromatic carbocycles. The van der Waals surface area contributed by atoms with Crippen molar-refractivity contribution >= 4 is 51.7 Å². The number of carbonyl (C=O) groups is 2. The Balaban J connectivity index is 1.79. The SMILES string of the molecule is CCc1nc2ccccc2c(C(=O)OCC(=O)Nc2cccc(Cl)c2Cl)c1C. The number of nitrogens with one attached hydrogen (secondary N) is 1. The lowest BCUT2D eigenvalue weighted by atomic mass is 10.0. The summed E-state index contributed by atoms with van der Waals surface area (Å²) in [7, 11) is 0. The predicted octanol–water partition coefficient (Wildman–Crippen LogP) is 5.21. The number of nitrogens with zero attached hydrogens (tertiary/aromatic N) is 1. The number of pyridine rings is 1. The van der Waals surface area contributed by atoms with E-state index in [4.69, 9.17) is 27.9 Å². The number of benzene rings is 2. The first-order valence-electron chi connectivity index (χ1n) is 8.71. The summed E-state index contributed by atoms with van der Waals surface area (Å²) in [5.41, 5.74) is 3.07. The number of esters is 1. The van der Waals surface area contributed by atoms with Gasteiger partial charge in [-0.15, -0.1) is 0 Å². The van der Waals surface area contributed by atoms with E-state index in [-0.39, 0.29) is 5.02 Å². The highest BCUT2D eigenvalue weighted by Crippen LogP contribution is 2.29. The molecule has 0 aliphatic rings. The van der Waals surface area contributed by atoms with Gasteiger partial charge in [0.1, 0.15) is 0 Å². The van der Waals surface area contributed by atoms with Gasteiger partial charge < -0.3 is 10.1 Å². The van der Waals surface area contributed by atoms with Crippen LogP contribution in [0.15, 0.2) is 42.5 Å². The number of halogens is 2. The molecule has 0 bridgehead atoms. The second-order valence-corrected chi connectivity index (χ2v) is 6.94. The van der Waals surface area contributed by atoms with Crippen LogP contribution < -0.4 is 5.32 Å². The van der Waals surface area contributed by atoms with Crippen molar-refractivity contribution in [1.82, 2.24) is 4.98 Å². The average Bonchev–Trinajstić information content (AvgIpc) is 2.69. The van der Waals surface area contributed by atoms with Gasteiger partial charge in [-0.05, 0) is 37.1 Å². The van der Waals surface area contributed by atoms with Crippen molar-refractivity contribution in [1.29, 1.82) is 0 Å². The number of rotatable bonds is 5. The molecular formula is C21H18Cl2N2O3. The van der Waals surface area contributed by atoms with Crippen LogP contribution in [0.3, 0.4) is 0 Å². The summed E-state index contributed by atoms with van der Waals surface area (Å²) in [6, 6.07) is 12.2. The van der Waals surface area contributed by atoms with Crippen LogP contribution in [0.2, 0.25) is 10.0 Å². The van der Waals surface area contributed by atoms with Crippen LogP contribution in [0.25, 0.3) is 10.9 Å². The quantitative estimate of drug-likeness (QED) is 0.579. The molecule has 1 aromatic heterocycles. The standard InChI is InChI=1S/C21H18Cl2N2O3/c1-3-15-12(2)19(13-7-4-5-9-16(13)24-15)21(27)28-11-18(26)25-17-10-6-8-14(22)20(17)23/h4-10H,3,11H2,1-2H3,(H,25,26). The summed E-state index contributed by atoms with van der Waals surface area (Å²) in [5, 5.41) is 3.83. The molecule has 0 aliphatic carbocycles. The summed E-state index contributed by atoms with van der Waals surface area (Å²) in [6.07, 6.45) is 0.685. The van der Waals surface area contributed by atoms with Gasteiger partial charge in [0.15, 0.2) is 6.61 Å². The molecule has 0 unspecified atom stereocenters. The third-order valence-electron chi connectivity index (χ3n) is 4.34. The van der Waals surface area contributed by atoms with Crippen molar-refractivity contribution in [3.63, 3.8) is 0 Å². The van der Waals surface area contributed by atoms with E-state index in [0.717, 1.165) is 11.3 Å². The van der Waals surface area contributed by atoms with Crippen LogP contribution in [0, 0.1) is 6.92 Å². The van der Waals surface area contributed by atoms with Gasteiger partial charge in [-0.1, -0.05) is 54.4 Å². The van der Waals surface area contributed by atoms with Crippen LogP contribution in [-0.4, -0.2) is 23.5 Å². The maximum atomic E-state index is 12.7. The van der Waals surface area contributed by atoms with Gasteiger partial charge in [-0.3, -0.25) is 9.78 Å². The van der Waals surface area contributed by atoms with Crippen LogP contribution in [-0.2, 0) is 16.0 Å². The number of carbonyl (C=O) groups excluding carboxylic acids is 2. The first-order valence-corrected chi connectivity index (χ1v) is 9.47. The topological polar surface area (TPSA) is 68.3 Å². The highest BCUT2D eigenvalue weighted by atomic mass is 35.5. The second kappa shape index (κ2) is 8.59. The summed E-state index contributed by atoms with van der Waals surface area (Å²) in [5.74, 6) is -1.08. The summed E-state index contributed by atoms with van der Waals surface area (Å²) >= 11 is 12.0. The Morgan fingerprint density at radius 1 is 1.11 bits per heavy atom. The summed E-state index contributed by atoms with van der Waals surface area (Å²) in [4.78, 5) is 29.5. The molecule has 7 heteroatoms. The fourth-order valence-electron chi connectivity index (χ4n) is 2.96. The van der Waals surface area contributed by atoms with E-state index in [1.807, 2.05) is 38.1 Å². The monoisotopic (exact) mass is 416 g/mol. The van der Waals surface area contributed by atoms with Crippen molar-refractivity contribution < 1.29 is 14.3 Å². The van der Waals surface area contributed by atoms with Gasteiger partial charge >= 0.3 is 5.97 Å². The first kappa shape index (κ1) is 20.1. The molecule has 0 spiro atoms. The van der Waals surface area contributed by atoms with E-state index in [9.17, 15) is 9.59 Å². The Hall–Kier alpha value is -2.63. The minimum atomic E-state index is -0.571. The number of aryl methyl sites for hydroxylation is 1. The Bertz CT molecular complexity index is 1070. The first-order chi connectivity index (χ1) is 13.4. The number of aromatic nitrogens is 1. The maximum absolute atomic E-state index is 12.7. The van der Waals surface area contributed by atoms with Gasteiger partial charge in [-0.25, -0.2) is 4.79 Å². The van der Waals surface area contributed by atoms with E-state index in [2.05, 4.69) is 10.3 Å². The molecule has 0 saturated carbocycles. The lowest BCUT2D eigenvalue weighted by Gasteiger charge is -2.13. The van der Waals surface area contributed by atoms with Crippen LogP contribution in [0.4, 0.5) is 5.69 Å². The molecule has 0 radical (unpaired) electrons. The molecule has 0 aliphatic heterocycles. The fourth-order valence-corrected chi connectivity index (χ4v) is 3.30. The van der Waals surface area contributed by atoms with Crippen molar-refractivity contribution in [2.24, 2.45) is 0 Å². The lowest BCUT2D eigenvalue weighted by Crippen LogP contribution is -2.22. The van der Waals surface area contributed by atoms with E-state index >= 15 is 0 Å². The van der Waals surface area contributed by atoms with Gasteiger partial charge in [0, 0.05) is 11.1 Å². The number of hydrogen-bond donors (Lipinski definition) is 1. The minimum absolute atomic E-state index is 0.229. The van der Waals surface area contributed by atoms with Gasteiger partial charge in [-0.2, -0.15) is 0 Å². The van der Waals surface area contributed by atoms with Crippen molar-refractivity contribution in [2.45, 2.75) is 20.3 Å². The van der Waals surface area contributed by atoms with Crippen molar-refractivity contribution in [3.05, 3.63) is 69.3 Å². The number of ether oxygens (including phenoxy) is 1. The normalized spacial score (nSPS) is 10.7. The Kier molecular flexibility index (Phi) is 6.17. The molecule has 0 fully saturated rings. The molecule has 0 saturated heterocycles. The van der Waals surface area contributed by atoms with Gasteiger partial charge in [0.05, 0.1) is 26.8 Å². The smallest absolute Gasteiger partial charge is 0.339 e. The Morgan fingerprint density at radius 3 is 2.61 bits per heavy atom.